The zero-order chi connectivity index (χ0) is 13.4. The molecule has 19 heavy (non-hydrogen) atoms. The van der Waals surface area contributed by atoms with Gasteiger partial charge in [-0.25, -0.2) is 4.98 Å². The number of rotatable bonds is 3. The standard InChI is InChI=1S/C13H11N3OS2/c1-8(17)11-7-10-13(19-11)16(18-2)12(15-10)9-5-3-4-6-14-9/h3-7H,1-2H3. The molecule has 0 saturated heterocycles. The van der Waals surface area contributed by atoms with Crippen LogP contribution in [0.5, 0.6) is 0 Å². The third kappa shape index (κ3) is 2.06. The first-order valence-corrected chi connectivity index (χ1v) is 7.69. The highest BCUT2D eigenvalue weighted by Crippen LogP contribution is 2.33. The second kappa shape index (κ2) is 4.79. The van der Waals surface area contributed by atoms with Gasteiger partial charge in [-0.1, -0.05) is 6.07 Å². The van der Waals surface area contributed by atoms with Gasteiger partial charge < -0.3 is 0 Å². The van der Waals surface area contributed by atoms with Crippen LogP contribution in [0.25, 0.3) is 21.9 Å². The monoisotopic (exact) mass is 289 g/mol. The molecule has 3 aromatic heterocycles. The van der Waals surface area contributed by atoms with Crippen LogP contribution < -0.4 is 0 Å². The Balaban J connectivity index is 2.22. The summed E-state index contributed by atoms with van der Waals surface area (Å²) in [5.41, 5.74) is 1.69. The van der Waals surface area contributed by atoms with Crippen LogP contribution in [0.1, 0.15) is 16.6 Å². The Labute approximate surface area is 118 Å². The third-order valence-electron chi connectivity index (χ3n) is 2.72. The lowest BCUT2D eigenvalue weighted by molar-refractivity contribution is 0.102. The van der Waals surface area contributed by atoms with Crippen LogP contribution >= 0.6 is 23.3 Å². The Morgan fingerprint density at radius 1 is 1.42 bits per heavy atom. The van der Waals surface area contributed by atoms with E-state index in [4.69, 9.17) is 0 Å². The van der Waals surface area contributed by atoms with Crippen molar-refractivity contribution in [2.24, 2.45) is 0 Å². The average molecular weight is 289 g/mol. The summed E-state index contributed by atoms with van der Waals surface area (Å²) in [7, 11) is 0. The van der Waals surface area contributed by atoms with E-state index in [1.807, 2.05) is 34.5 Å². The van der Waals surface area contributed by atoms with Gasteiger partial charge in [0.15, 0.2) is 11.6 Å². The fraction of sp³-hybridized carbons (Fsp3) is 0.154. The zero-order valence-electron chi connectivity index (χ0n) is 10.5. The molecule has 0 aliphatic rings. The Morgan fingerprint density at radius 3 is 2.89 bits per heavy atom. The number of ketones is 1. The highest BCUT2D eigenvalue weighted by Gasteiger charge is 2.17. The number of aromatic nitrogens is 3. The Morgan fingerprint density at radius 2 is 2.26 bits per heavy atom. The molecule has 3 heterocycles. The van der Waals surface area contributed by atoms with E-state index in [0.717, 1.165) is 26.7 Å². The minimum absolute atomic E-state index is 0.0787. The Kier molecular flexibility index (Phi) is 3.12. The highest BCUT2D eigenvalue weighted by molar-refractivity contribution is 7.97. The lowest BCUT2D eigenvalue weighted by atomic mass is 10.3. The fourth-order valence-corrected chi connectivity index (χ4v) is 3.66. The number of hydrogen-bond acceptors (Lipinski definition) is 5. The molecule has 6 heteroatoms. The van der Waals surface area contributed by atoms with E-state index < -0.39 is 0 Å². The summed E-state index contributed by atoms with van der Waals surface area (Å²) in [6.07, 6.45) is 3.74. The fourth-order valence-electron chi connectivity index (χ4n) is 1.85. The number of hydrogen-bond donors (Lipinski definition) is 0. The molecule has 0 aliphatic heterocycles. The van der Waals surface area contributed by atoms with Crippen molar-refractivity contribution in [1.29, 1.82) is 0 Å². The van der Waals surface area contributed by atoms with Crippen molar-refractivity contribution in [1.82, 2.24) is 13.9 Å². The van der Waals surface area contributed by atoms with Gasteiger partial charge in [-0.2, -0.15) is 0 Å². The molecule has 0 atom stereocenters. The molecular formula is C13H11N3OS2. The molecule has 4 nitrogen and oxygen atoms in total. The van der Waals surface area contributed by atoms with Gasteiger partial charge in [0.05, 0.1) is 4.88 Å². The third-order valence-corrected chi connectivity index (χ3v) is 4.77. The first-order chi connectivity index (χ1) is 9.20. The summed E-state index contributed by atoms with van der Waals surface area (Å²) in [5, 5.41) is 0. The molecule has 0 spiro atoms. The van der Waals surface area contributed by atoms with Gasteiger partial charge in [0.1, 0.15) is 16.0 Å². The summed E-state index contributed by atoms with van der Waals surface area (Å²) in [4.78, 5) is 22.1. The van der Waals surface area contributed by atoms with E-state index in [0.29, 0.717) is 0 Å². The molecule has 96 valence electrons. The van der Waals surface area contributed by atoms with Gasteiger partial charge in [0.25, 0.3) is 0 Å². The zero-order valence-corrected chi connectivity index (χ0v) is 12.1. The van der Waals surface area contributed by atoms with Crippen LogP contribution in [0.4, 0.5) is 0 Å². The lowest BCUT2D eigenvalue weighted by Crippen LogP contribution is -1.92. The van der Waals surface area contributed by atoms with Crippen LogP contribution in [0.2, 0.25) is 0 Å². The number of imidazole rings is 1. The number of Topliss-reactive ketones (excluding diaryl/α,β-unsaturated/α-hetero) is 1. The smallest absolute Gasteiger partial charge is 0.170 e. The SMILES string of the molecule is CSn1c(-c2ccccn2)nc2cc(C(C)=O)sc21. The maximum Gasteiger partial charge on any atom is 0.170 e. The maximum absolute atomic E-state index is 11.4. The van der Waals surface area contributed by atoms with E-state index in [9.17, 15) is 4.79 Å². The van der Waals surface area contributed by atoms with Gasteiger partial charge in [0, 0.05) is 12.5 Å². The van der Waals surface area contributed by atoms with Crippen LogP contribution in [0.15, 0.2) is 30.5 Å². The van der Waals surface area contributed by atoms with Crippen LogP contribution in [-0.2, 0) is 0 Å². The molecule has 3 rings (SSSR count). The lowest BCUT2D eigenvalue weighted by Gasteiger charge is -2.02. The first kappa shape index (κ1) is 12.4. The van der Waals surface area contributed by atoms with Crippen LogP contribution in [0, 0.1) is 0 Å². The molecule has 0 saturated carbocycles. The molecular weight excluding hydrogens is 278 g/mol. The van der Waals surface area contributed by atoms with Crippen LogP contribution in [-0.4, -0.2) is 26.0 Å². The van der Waals surface area contributed by atoms with Crippen molar-refractivity contribution in [3.05, 3.63) is 35.3 Å². The molecule has 0 unspecified atom stereocenters. The van der Waals surface area contributed by atoms with E-state index in [2.05, 4.69) is 9.97 Å². The van der Waals surface area contributed by atoms with Crippen LogP contribution in [0.3, 0.4) is 0 Å². The molecule has 0 amide bonds. The molecule has 0 N–H and O–H groups in total. The van der Waals surface area contributed by atoms with Crippen molar-refractivity contribution in [2.45, 2.75) is 6.92 Å². The van der Waals surface area contributed by atoms with Gasteiger partial charge >= 0.3 is 0 Å². The summed E-state index contributed by atoms with van der Waals surface area (Å²) < 4.78 is 2.02. The molecule has 0 bridgehead atoms. The normalized spacial score (nSPS) is 11.1. The Bertz CT molecular complexity index is 746. The summed E-state index contributed by atoms with van der Waals surface area (Å²) in [5.74, 6) is 0.902. The minimum atomic E-state index is 0.0787. The molecule has 0 aliphatic carbocycles. The largest absolute Gasteiger partial charge is 0.294 e. The van der Waals surface area contributed by atoms with E-state index in [1.165, 1.54) is 11.3 Å². The average Bonchev–Trinajstić information content (AvgIpc) is 2.96. The number of fused-ring (bicyclic) bond motifs is 1. The van der Waals surface area contributed by atoms with E-state index in [-0.39, 0.29) is 5.78 Å². The first-order valence-electron chi connectivity index (χ1n) is 5.70. The van der Waals surface area contributed by atoms with Gasteiger partial charge in [-0.15, -0.1) is 11.3 Å². The molecule has 0 aromatic carbocycles. The number of nitrogens with zero attached hydrogens (tertiary/aromatic N) is 3. The van der Waals surface area contributed by atoms with Crippen molar-refractivity contribution >= 4 is 39.4 Å². The summed E-state index contributed by atoms with van der Waals surface area (Å²) >= 11 is 3.04. The number of thiophene rings is 1. The second-order valence-corrected chi connectivity index (χ2v) is 5.75. The van der Waals surface area contributed by atoms with Crippen molar-refractivity contribution < 1.29 is 4.79 Å². The minimum Gasteiger partial charge on any atom is -0.294 e. The quantitative estimate of drug-likeness (QED) is 0.692. The van der Waals surface area contributed by atoms with Crippen molar-refractivity contribution in [3.8, 4) is 11.5 Å². The van der Waals surface area contributed by atoms with Crippen molar-refractivity contribution in [2.75, 3.05) is 6.26 Å². The van der Waals surface area contributed by atoms with E-state index in [1.54, 1.807) is 25.1 Å². The highest BCUT2D eigenvalue weighted by atomic mass is 32.2. The predicted molar refractivity (Wildman–Crippen MR) is 79.8 cm³/mol. The second-order valence-electron chi connectivity index (χ2n) is 3.98. The number of pyridine rings is 1. The molecule has 0 radical (unpaired) electrons. The topological polar surface area (TPSA) is 47.8 Å². The predicted octanol–water partition coefficient (Wildman–Crippen LogP) is 3.49. The van der Waals surface area contributed by atoms with E-state index >= 15 is 0 Å². The molecule has 3 aromatic rings. The number of carbonyl (C=O) groups is 1. The van der Waals surface area contributed by atoms with Crippen molar-refractivity contribution in [3.63, 3.8) is 0 Å². The molecule has 0 fully saturated rings. The van der Waals surface area contributed by atoms with Gasteiger partial charge in [-0.05, 0) is 37.1 Å². The maximum atomic E-state index is 11.4. The number of carbonyl (C=O) groups excluding carboxylic acids is 1. The van der Waals surface area contributed by atoms with Gasteiger partial charge in [-0.3, -0.25) is 13.8 Å². The summed E-state index contributed by atoms with van der Waals surface area (Å²) in [6.45, 7) is 1.58. The Hall–Kier alpha value is -1.66. The van der Waals surface area contributed by atoms with Gasteiger partial charge in [0.2, 0.25) is 0 Å². The summed E-state index contributed by atoms with van der Waals surface area (Å²) in [6, 6.07) is 7.61.